The maximum atomic E-state index is 13.1. The molecule has 0 aromatic carbocycles. The van der Waals surface area contributed by atoms with Crippen LogP contribution in [-0.4, -0.2) is 83.6 Å². The van der Waals surface area contributed by atoms with Crippen LogP contribution in [0.15, 0.2) is 12.1 Å². The molecule has 0 unspecified atom stereocenters. The van der Waals surface area contributed by atoms with E-state index in [0.717, 1.165) is 43.7 Å². The molecule has 0 saturated carbocycles. The molecule has 1 atom stereocenters. The molecule has 186 valence electrons. The number of amides is 2. The van der Waals surface area contributed by atoms with Crippen molar-refractivity contribution < 1.29 is 23.5 Å². The first-order valence-corrected chi connectivity index (χ1v) is 11.8. The SMILES string of the molecule is CCN(CC)C(=O)N[C@@H](CCN(CCCCc1ccc2c(n1)NCCC2)CC(F)F)C(=O)O. The van der Waals surface area contributed by atoms with E-state index in [1.807, 2.05) is 6.07 Å². The van der Waals surface area contributed by atoms with Gasteiger partial charge in [0, 0.05) is 31.9 Å². The lowest BCUT2D eigenvalue weighted by atomic mass is 10.1. The summed E-state index contributed by atoms with van der Waals surface area (Å²) in [7, 11) is 0. The number of alkyl halides is 2. The van der Waals surface area contributed by atoms with Crippen LogP contribution in [0.3, 0.4) is 0 Å². The number of carbonyl (C=O) groups excluding carboxylic acids is 1. The summed E-state index contributed by atoms with van der Waals surface area (Å²) in [6.07, 6.45) is 1.95. The number of rotatable bonds is 14. The summed E-state index contributed by atoms with van der Waals surface area (Å²) in [5.41, 5.74) is 2.21. The van der Waals surface area contributed by atoms with Gasteiger partial charge in [-0.25, -0.2) is 23.4 Å². The lowest BCUT2D eigenvalue weighted by Crippen LogP contribution is -2.49. The third kappa shape index (κ3) is 9.11. The first-order chi connectivity index (χ1) is 15.8. The Kier molecular flexibility index (Phi) is 11.3. The van der Waals surface area contributed by atoms with Crippen LogP contribution in [0.4, 0.5) is 19.4 Å². The largest absolute Gasteiger partial charge is 0.480 e. The van der Waals surface area contributed by atoms with E-state index < -0.39 is 31.0 Å². The summed E-state index contributed by atoms with van der Waals surface area (Å²) in [5.74, 6) is -0.218. The fourth-order valence-corrected chi connectivity index (χ4v) is 3.96. The van der Waals surface area contributed by atoms with E-state index in [9.17, 15) is 23.5 Å². The predicted octanol–water partition coefficient (Wildman–Crippen LogP) is 3.22. The molecule has 0 radical (unpaired) electrons. The van der Waals surface area contributed by atoms with Crippen molar-refractivity contribution in [3.8, 4) is 0 Å². The summed E-state index contributed by atoms with van der Waals surface area (Å²) in [6.45, 7) is 5.64. The second kappa shape index (κ2) is 13.9. The van der Waals surface area contributed by atoms with E-state index in [1.165, 1.54) is 10.5 Å². The quantitative estimate of drug-likeness (QED) is 0.362. The molecule has 8 nitrogen and oxygen atoms in total. The number of nitrogens with one attached hydrogen (secondary N) is 2. The molecule has 3 N–H and O–H groups in total. The van der Waals surface area contributed by atoms with Gasteiger partial charge in [0.1, 0.15) is 11.9 Å². The lowest BCUT2D eigenvalue weighted by Gasteiger charge is -2.26. The zero-order valence-corrected chi connectivity index (χ0v) is 19.7. The molecule has 2 rings (SSSR count). The van der Waals surface area contributed by atoms with Crippen LogP contribution in [0.25, 0.3) is 0 Å². The third-order valence-electron chi connectivity index (χ3n) is 5.89. The molecular weight excluding hydrogens is 432 g/mol. The molecule has 10 heteroatoms. The number of carboxylic acid groups (broad SMARTS) is 1. The number of hydrogen-bond donors (Lipinski definition) is 3. The fraction of sp³-hybridized carbons (Fsp3) is 0.696. The number of aryl methyl sites for hydroxylation is 2. The van der Waals surface area contributed by atoms with E-state index in [1.54, 1.807) is 18.7 Å². The fourth-order valence-electron chi connectivity index (χ4n) is 3.96. The molecule has 1 aromatic rings. The number of aromatic nitrogens is 1. The summed E-state index contributed by atoms with van der Waals surface area (Å²) in [5, 5.41) is 15.3. The van der Waals surface area contributed by atoms with Crippen molar-refractivity contribution in [2.24, 2.45) is 0 Å². The highest BCUT2D eigenvalue weighted by molar-refractivity contribution is 5.82. The van der Waals surface area contributed by atoms with Crippen molar-refractivity contribution in [1.82, 2.24) is 20.1 Å². The summed E-state index contributed by atoms with van der Waals surface area (Å²) in [4.78, 5) is 31.5. The number of carbonyl (C=O) groups is 2. The van der Waals surface area contributed by atoms with Gasteiger partial charge in [-0.1, -0.05) is 6.07 Å². The van der Waals surface area contributed by atoms with Gasteiger partial charge in [0.15, 0.2) is 0 Å². The van der Waals surface area contributed by atoms with Gasteiger partial charge in [-0.15, -0.1) is 0 Å². The van der Waals surface area contributed by atoms with Crippen LogP contribution >= 0.6 is 0 Å². The van der Waals surface area contributed by atoms with Crippen LogP contribution < -0.4 is 10.6 Å². The highest BCUT2D eigenvalue weighted by Crippen LogP contribution is 2.20. The number of anilines is 1. The number of carboxylic acids is 1. The van der Waals surface area contributed by atoms with E-state index >= 15 is 0 Å². The molecule has 33 heavy (non-hydrogen) atoms. The van der Waals surface area contributed by atoms with Gasteiger partial charge in [-0.2, -0.15) is 0 Å². The molecule has 2 amide bonds. The standard InChI is InChI=1S/C23H37F2N5O3/c1-3-30(4-2)23(33)28-19(22(31)32)12-15-29(16-20(24)25)14-6-5-9-18-11-10-17-8-7-13-26-21(17)27-18/h10-11,19-20H,3-9,12-16H2,1-2H3,(H,26,27)(H,28,33)(H,31,32)/t19-/m0/s1. The predicted molar refractivity (Wildman–Crippen MR) is 124 cm³/mol. The zero-order valence-electron chi connectivity index (χ0n) is 19.7. The van der Waals surface area contributed by atoms with Gasteiger partial charge in [0.2, 0.25) is 0 Å². The molecule has 1 aliphatic heterocycles. The Morgan fingerprint density at radius 2 is 1.97 bits per heavy atom. The van der Waals surface area contributed by atoms with Crippen LogP contribution in [0.2, 0.25) is 0 Å². The van der Waals surface area contributed by atoms with Gasteiger partial charge in [-0.05, 0) is 70.5 Å². The van der Waals surface area contributed by atoms with E-state index in [2.05, 4.69) is 21.7 Å². The molecule has 2 heterocycles. The minimum Gasteiger partial charge on any atom is -0.480 e. The Balaban J connectivity index is 1.82. The van der Waals surface area contributed by atoms with Crippen LogP contribution in [0.5, 0.6) is 0 Å². The van der Waals surface area contributed by atoms with Crippen molar-refractivity contribution in [1.29, 1.82) is 0 Å². The van der Waals surface area contributed by atoms with Gasteiger partial charge < -0.3 is 20.6 Å². The van der Waals surface area contributed by atoms with Crippen molar-refractivity contribution >= 4 is 17.8 Å². The number of pyridine rings is 1. The van der Waals surface area contributed by atoms with E-state index in [-0.39, 0.29) is 13.0 Å². The Labute approximate surface area is 194 Å². The van der Waals surface area contributed by atoms with Gasteiger partial charge in [-0.3, -0.25) is 4.90 Å². The first-order valence-electron chi connectivity index (χ1n) is 11.8. The van der Waals surface area contributed by atoms with E-state index in [0.29, 0.717) is 26.1 Å². The number of fused-ring (bicyclic) bond motifs is 1. The number of halogens is 2. The van der Waals surface area contributed by atoms with E-state index in [4.69, 9.17) is 0 Å². The highest BCUT2D eigenvalue weighted by atomic mass is 19.3. The second-order valence-corrected chi connectivity index (χ2v) is 8.29. The van der Waals surface area contributed by atoms with Gasteiger partial charge in [0.25, 0.3) is 6.43 Å². The molecule has 1 aromatic heterocycles. The zero-order chi connectivity index (χ0) is 24.2. The Morgan fingerprint density at radius 1 is 1.21 bits per heavy atom. The van der Waals surface area contributed by atoms with Gasteiger partial charge in [0.05, 0.1) is 6.54 Å². The van der Waals surface area contributed by atoms with Crippen molar-refractivity contribution in [2.75, 3.05) is 44.6 Å². The number of nitrogens with zero attached hydrogens (tertiary/aromatic N) is 3. The number of urea groups is 1. The smallest absolute Gasteiger partial charge is 0.326 e. The monoisotopic (exact) mass is 469 g/mol. The van der Waals surface area contributed by atoms with Crippen LogP contribution in [0, 0.1) is 0 Å². The highest BCUT2D eigenvalue weighted by Gasteiger charge is 2.23. The summed E-state index contributed by atoms with van der Waals surface area (Å²) < 4.78 is 26.1. The maximum Gasteiger partial charge on any atom is 0.326 e. The molecule has 1 aliphatic rings. The number of aliphatic carboxylic acids is 1. The third-order valence-corrected chi connectivity index (χ3v) is 5.89. The summed E-state index contributed by atoms with van der Waals surface area (Å²) in [6, 6.07) is 2.55. The molecule has 0 aliphatic carbocycles. The number of hydrogen-bond acceptors (Lipinski definition) is 5. The van der Waals surface area contributed by atoms with Crippen molar-refractivity contribution in [2.45, 2.75) is 64.8 Å². The van der Waals surface area contributed by atoms with Crippen LogP contribution in [0.1, 0.15) is 50.8 Å². The van der Waals surface area contributed by atoms with Crippen LogP contribution in [-0.2, 0) is 17.6 Å². The molecule has 0 fully saturated rings. The maximum absolute atomic E-state index is 13.1. The van der Waals surface area contributed by atoms with Crippen molar-refractivity contribution in [3.63, 3.8) is 0 Å². The summed E-state index contributed by atoms with van der Waals surface area (Å²) >= 11 is 0. The average molecular weight is 470 g/mol. The Hall–Kier alpha value is -2.49. The first kappa shape index (κ1) is 26.8. The second-order valence-electron chi connectivity index (χ2n) is 8.29. The topological polar surface area (TPSA) is 97.8 Å². The Morgan fingerprint density at radius 3 is 2.64 bits per heavy atom. The number of unbranched alkanes of at least 4 members (excludes halogenated alkanes) is 1. The van der Waals surface area contributed by atoms with Gasteiger partial charge >= 0.3 is 12.0 Å². The lowest BCUT2D eigenvalue weighted by molar-refractivity contribution is -0.139. The normalized spacial score (nSPS) is 14.0. The molecule has 0 saturated heterocycles. The molecule has 0 spiro atoms. The minimum absolute atomic E-state index is 0.0626. The Bertz CT molecular complexity index is 762. The van der Waals surface area contributed by atoms with Crippen molar-refractivity contribution in [3.05, 3.63) is 23.4 Å². The molecule has 0 bridgehead atoms. The minimum atomic E-state index is -2.51. The average Bonchev–Trinajstić information content (AvgIpc) is 2.79. The molecular formula is C23H37F2N5O3.